The molecule has 3 N–H and O–H groups in total. The number of anilines is 3. The van der Waals surface area contributed by atoms with Crippen LogP contribution in [0.5, 0.6) is 0 Å². The van der Waals surface area contributed by atoms with E-state index in [0.29, 0.717) is 6.54 Å². The van der Waals surface area contributed by atoms with Crippen LogP contribution in [0.15, 0.2) is 42.5 Å². The molecule has 21 heavy (non-hydrogen) atoms. The molecule has 3 rings (SSSR count). The first-order valence-corrected chi connectivity index (χ1v) is 7.12. The number of hydrogen-bond donors (Lipinski definition) is 2. The summed E-state index contributed by atoms with van der Waals surface area (Å²) in [4.78, 5) is 14.3. The molecule has 0 bridgehead atoms. The van der Waals surface area contributed by atoms with E-state index in [4.69, 9.17) is 5.73 Å². The Balaban J connectivity index is 1.68. The van der Waals surface area contributed by atoms with Gasteiger partial charge in [0, 0.05) is 23.6 Å². The second kappa shape index (κ2) is 5.48. The van der Waals surface area contributed by atoms with Crippen molar-refractivity contribution in [1.29, 1.82) is 0 Å². The van der Waals surface area contributed by atoms with Gasteiger partial charge < -0.3 is 16.0 Å². The van der Waals surface area contributed by atoms with Crippen LogP contribution in [-0.2, 0) is 11.2 Å². The number of aryl methyl sites for hydroxylation is 1. The third-order valence-electron chi connectivity index (χ3n) is 3.74. The number of nitrogens with zero attached hydrogens (tertiary/aromatic N) is 1. The SMILES string of the molecule is Cc1cccc(NC(=O)CN2CCc3ccc(N)cc32)c1. The van der Waals surface area contributed by atoms with Gasteiger partial charge in [0.05, 0.1) is 6.54 Å². The second-order valence-electron chi connectivity index (χ2n) is 5.48. The summed E-state index contributed by atoms with van der Waals surface area (Å²) in [6.45, 7) is 3.22. The van der Waals surface area contributed by atoms with Crippen molar-refractivity contribution in [3.63, 3.8) is 0 Å². The first kappa shape index (κ1) is 13.5. The zero-order valence-electron chi connectivity index (χ0n) is 12.1. The smallest absolute Gasteiger partial charge is 0.243 e. The van der Waals surface area contributed by atoms with Crippen molar-refractivity contribution in [2.45, 2.75) is 13.3 Å². The summed E-state index contributed by atoms with van der Waals surface area (Å²) in [6.07, 6.45) is 0.966. The molecule has 2 aromatic rings. The van der Waals surface area contributed by atoms with Crippen LogP contribution in [0.3, 0.4) is 0 Å². The molecule has 4 nitrogen and oxygen atoms in total. The van der Waals surface area contributed by atoms with Crippen LogP contribution in [0.2, 0.25) is 0 Å². The number of nitrogen functional groups attached to an aromatic ring is 1. The highest BCUT2D eigenvalue weighted by Gasteiger charge is 2.21. The van der Waals surface area contributed by atoms with Crippen LogP contribution in [-0.4, -0.2) is 19.0 Å². The highest BCUT2D eigenvalue weighted by Crippen LogP contribution is 2.29. The molecule has 2 aromatic carbocycles. The molecule has 1 aliphatic heterocycles. The van der Waals surface area contributed by atoms with E-state index >= 15 is 0 Å². The number of carbonyl (C=O) groups excluding carboxylic acids is 1. The van der Waals surface area contributed by atoms with Crippen molar-refractivity contribution in [3.8, 4) is 0 Å². The van der Waals surface area contributed by atoms with Crippen molar-refractivity contribution >= 4 is 23.0 Å². The molecule has 0 saturated heterocycles. The van der Waals surface area contributed by atoms with Crippen LogP contribution in [0.1, 0.15) is 11.1 Å². The number of nitrogens with one attached hydrogen (secondary N) is 1. The minimum atomic E-state index is -0.00382. The fraction of sp³-hybridized carbons (Fsp3) is 0.235. The summed E-state index contributed by atoms with van der Waals surface area (Å²) in [5.41, 5.74) is 10.9. The van der Waals surface area contributed by atoms with Crippen LogP contribution < -0.4 is 16.0 Å². The molecule has 0 aliphatic carbocycles. The predicted molar refractivity (Wildman–Crippen MR) is 86.6 cm³/mol. The number of nitrogens with two attached hydrogens (primary N) is 1. The molecule has 0 fully saturated rings. The van der Waals surface area contributed by atoms with Gasteiger partial charge in [-0.3, -0.25) is 4.79 Å². The molecule has 0 spiro atoms. The Morgan fingerprint density at radius 2 is 2.14 bits per heavy atom. The largest absolute Gasteiger partial charge is 0.399 e. The van der Waals surface area contributed by atoms with Crippen LogP contribution in [0, 0.1) is 6.92 Å². The van der Waals surface area contributed by atoms with Gasteiger partial charge in [-0.15, -0.1) is 0 Å². The maximum Gasteiger partial charge on any atom is 0.243 e. The highest BCUT2D eigenvalue weighted by molar-refractivity contribution is 5.94. The predicted octanol–water partition coefficient (Wildman–Crippen LogP) is 2.58. The van der Waals surface area contributed by atoms with E-state index in [0.717, 1.165) is 35.6 Å². The first-order valence-electron chi connectivity index (χ1n) is 7.12. The Bertz CT molecular complexity index is 681. The standard InChI is InChI=1S/C17H19N3O/c1-12-3-2-4-15(9-12)19-17(21)11-20-8-7-13-5-6-14(18)10-16(13)20/h2-6,9-10H,7-8,11,18H2,1H3,(H,19,21). The van der Waals surface area contributed by atoms with E-state index < -0.39 is 0 Å². The molecule has 0 atom stereocenters. The van der Waals surface area contributed by atoms with Crippen LogP contribution in [0.25, 0.3) is 0 Å². The molecule has 0 radical (unpaired) electrons. The van der Waals surface area contributed by atoms with Gasteiger partial charge >= 0.3 is 0 Å². The molecular formula is C17H19N3O. The number of benzene rings is 2. The van der Waals surface area contributed by atoms with Gasteiger partial charge in [-0.2, -0.15) is 0 Å². The minimum Gasteiger partial charge on any atom is -0.399 e. The summed E-state index contributed by atoms with van der Waals surface area (Å²) >= 11 is 0. The average molecular weight is 281 g/mol. The molecule has 108 valence electrons. The Kier molecular flexibility index (Phi) is 3.52. The topological polar surface area (TPSA) is 58.4 Å². The fourth-order valence-corrected chi connectivity index (χ4v) is 2.72. The molecule has 0 aromatic heterocycles. The third-order valence-corrected chi connectivity index (χ3v) is 3.74. The molecular weight excluding hydrogens is 262 g/mol. The molecule has 1 aliphatic rings. The maximum absolute atomic E-state index is 12.2. The van der Waals surface area contributed by atoms with Crippen molar-refractivity contribution in [3.05, 3.63) is 53.6 Å². The lowest BCUT2D eigenvalue weighted by molar-refractivity contribution is -0.115. The Morgan fingerprint density at radius 1 is 1.29 bits per heavy atom. The monoisotopic (exact) mass is 281 g/mol. The summed E-state index contributed by atoms with van der Waals surface area (Å²) in [5, 5.41) is 2.94. The second-order valence-corrected chi connectivity index (χ2v) is 5.48. The van der Waals surface area contributed by atoms with E-state index in [1.807, 2.05) is 49.4 Å². The van der Waals surface area contributed by atoms with Gasteiger partial charge in [-0.05, 0) is 48.7 Å². The van der Waals surface area contributed by atoms with Gasteiger partial charge in [-0.1, -0.05) is 18.2 Å². The number of hydrogen-bond acceptors (Lipinski definition) is 3. The number of amides is 1. The molecule has 0 unspecified atom stereocenters. The van der Waals surface area contributed by atoms with Crippen molar-refractivity contribution < 1.29 is 4.79 Å². The quantitative estimate of drug-likeness (QED) is 0.850. The molecule has 0 saturated carbocycles. The number of rotatable bonds is 3. The molecule has 4 heteroatoms. The van der Waals surface area contributed by atoms with Crippen molar-refractivity contribution in [2.75, 3.05) is 29.0 Å². The number of fused-ring (bicyclic) bond motifs is 1. The fourth-order valence-electron chi connectivity index (χ4n) is 2.72. The summed E-state index contributed by atoms with van der Waals surface area (Å²) in [6, 6.07) is 13.7. The Labute approximate surface area is 124 Å². The van der Waals surface area contributed by atoms with Gasteiger partial charge in [0.1, 0.15) is 0 Å². The van der Waals surface area contributed by atoms with Crippen LogP contribution in [0.4, 0.5) is 17.1 Å². The maximum atomic E-state index is 12.2. The van der Waals surface area contributed by atoms with E-state index in [2.05, 4.69) is 10.2 Å². The lowest BCUT2D eigenvalue weighted by Crippen LogP contribution is -2.31. The molecule has 1 heterocycles. The van der Waals surface area contributed by atoms with Crippen LogP contribution >= 0.6 is 0 Å². The van der Waals surface area contributed by atoms with Crippen molar-refractivity contribution in [1.82, 2.24) is 0 Å². The summed E-state index contributed by atoms with van der Waals surface area (Å²) < 4.78 is 0. The first-order chi connectivity index (χ1) is 10.1. The zero-order valence-corrected chi connectivity index (χ0v) is 12.1. The van der Waals surface area contributed by atoms with E-state index in [9.17, 15) is 4.79 Å². The molecule has 1 amide bonds. The third kappa shape index (κ3) is 2.99. The van der Waals surface area contributed by atoms with Gasteiger partial charge in [0.2, 0.25) is 5.91 Å². The van der Waals surface area contributed by atoms with E-state index in [1.54, 1.807) is 0 Å². The Morgan fingerprint density at radius 3 is 2.95 bits per heavy atom. The van der Waals surface area contributed by atoms with E-state index in [1.165, 1.54) is 5.56 Å². The van der Waals surface area contributed by atoms with Gasteiger partial charge in [0.25, 0.3) is 0 Å². The van der Waals surface area contributed by atoms with Gasteiger partial charge in [-0.25, -0.2) is 0 Å². The number of carbonyl (C=O) groups is 1. The summed E-state index contributed by atoms with van der Waals surface area (Å²) in [7, 11) is 0. The normalized spacial score (nSPS) is 13.1. The Hall–Kier alpha value is -2.49. The zero-order chi connectivity index (χ0) is 14.8. The van der Waals surface area contributed by atoms with Crippen molar-refractivity contribution in [2.24, 2.45) is 0 Å². The lowest BCUT2D eigenvalue weighted by atomic mass is 10.1. The highest BCUT2D eigenvalue weighted by atomic mass is 16.2. The van der Waals surface area contributed by atoms with Gasteiger partial charge in [0.15, 0.2) is 0 Å². The van der Waals surface area contributed by atoms with E-state index in [-0.39, 0.29) is 5.91 Å². The average Bonchev–Trinajstić information content (AvgIpc) is 2.81. The summed E-state index contributed by atoms with van der Waals surface area (Å²) in [5.74, 6) is -0.00382. The lowest BCUT2D eigenvalue weighted by Gasteiger charge is -2.19. The minimum absolute atomic E-state index is 0.00382.